The number of carbonyl (C=O) groups is 1. The summed E-state index contributed by atoms with van der Waals surface area (Å²) in [6.07, 6.45) is 2.46. The number of nitrogens with one attached hydrogen (secondary N) is 1. The summed E-state index contributed by atoms with van der Waals surface area (Å²) in [6, 6.07) is 4.02. The number of anilines is 1. The minimum atomic E-state index is -0.357. The summed E-state index contributed by atoms with van der Waals surface area (Å²) in [6.45, 7) is 4.22. The van der Waals surface area contributed by atoms with Crippen LogP contribution in [0, 0.1) is 0 Å². The van der Waals surface area contributed by atoms with Gasteiger partial charge in [-0.1, -0.05) is 22.9 Å². The molecule has 2 aromatic rings. The van der Waals surface area contributed by atoms with Crippen LogP contribution < -0.4 is 5.32 Å². The van der Waals surface area contributed by atoms with E-state index in [-0.39, 0.29) is 5.97 Å². The molecule has 0 fully saturated rings. The van der Waals surface area contributed by atoms with Crippen molar-refractivity contribution >= 4 is 38.5 Å². The van der Waals surface area contributed by atoms with Crippen molar-refractivity contribution in [3.8, 4) is 0 Å². The van der Waals surface area contributed by atoms with Crippen LogP contribution >= 0.6 is 15.9 Å². The highest BCUT2D eigenvalue weighted by Gasteiger charge is 2.17. The Morgan fingerprint density at radius 3 is 2.75 bits per heavy atom. The lowest BCUT2D eigenvalue weighted by Gasteiger charge is -2.13. The zero-order valence-corrected chi connectivity index (χ0v) is 13.4. The lowest BCUT2D eigenvalue weighted by Crippen LogP contribution is -2.09. The second kappa shape index (κ2) is 6.22. The Balaban J connectivity index is 2.73. The van der Waals surface area contributed by atoms with E-state index in [1.807, 2.05) is 6.07 Å². The summed E-state index contributed by atoms with van der Waals surface area (Å²) in [5.41, 5.74) is 3.26. The van der Waals surface area contributed by atoms with Crippen molar-refractivity contribution in [3.05, 3.63) is 33.9 Å². The van der Waals surface area contributed by atoms with Crippen LogP contribution in [0.15, 0.2) is 22.8 Å². The molecule has 0 bridgehead atoms. The molecule has 1 aromatic heterocycles. The second-order valence-corrected chi connectivity index (χ2v) is 5.25. The van der Waals surface area contributed by atoms with Gasteiger partial charge >= 0.3 is 5.97 Å². The van der Waals surface area contributed by atoms with Crippen molar-refractivity contribution in [3.63, 3.8) is 0 Å². The molecule has 0 spiro atoms. The molecule has 0 saturated heterocycles. The van der Waals surface area contributed by atoms with Gasteiger partial charge in [-0.2, -0.15) is 0 Å². The summed E-state index contributed by atoms with van der Waals surface area (Å²) in [5.74, 6) is -0.357. The van der Waals surface area contributed by atoms with Gasteiger partial charge in [-0.05, 0) is 31.0 Å². The summed E-state index contributed by atoms with van der Waals surface area (Å²) < 4.78 is 6.05. The molecule has 0 unspecified atom stereocenters. The van der Waals surface area contributed by atoms with Crippen LogP contribution in [0.1, 0.15) is 29.8 Å². The molecule has 0 radical (unpaired) electrons. The molecule has 0 atom stereocenters. The SMILES string of the molecule is CCOC(=O)c1cnc2c(CC)cc(Br)cc2c1NC. The number of pyridine rings is 1. The number of esters is 1. The highest BCUT2D eigenvalue weighted by molar-refractivity contribution is 9.10. The lowest BCUT2D eigenvalue weighted by atomic mass is 10.0. The van der Waals surface area contributed by atoms with Gasteiger partial charge in [-0.25, -0.2) is 4.79 Å². The van der Waals surface area contributed by atoms with E-state index in [2.05, 4.69) is 39.2 Å². The number of nitrogens with zero attached hydrogens (tertiary/aromatic N) is 1. The lowest BCUT2D eigenvalue weighted by molar-refractivity contribution is 0.0527. The van der Waals surface area contributed by atoms with Gasteiger partial charge in [0.2, 0.25) is 0 Å². The Labute approximate surface area is 126 Å². The van der Waals surface area contributed by atoms with Crippen LogP contribution in [-0.2, 0) is 11.2 Å². The van der Waals surface area contributed by atoms with Gasteiger partial charge in [-0.15, -0.1) is 0 Å². The fourth-order valence-corrected chi connectivity index (χ4v) is 2.75. The molecule has 1 heterocycles. The third-order valence-corrected chi connectivity index (χ3v) is 3.60. The summed E-state index contributed by atoms with van der Waals surface area (Å²) in [5, 5.41) is 4.02. The summed E-state index contributed by atoms with van der Waals surface area (Å²) in [7, 11) is 1.80. The number of hydrogen-bond acceptors (Lipinski definition) is 4. The van der Waals surface area contributed by atoms with E-state index in [1.54, 1.807) is 20.2 Å². The number of carbonyl (C=O) groups excluding carboxylic acids is 1. The Bertz CT molecular complexity index is 656. The van der Waals surface area contributed by atoms with Crippen LogP contribution in [0.2, 0.25) is 0 Å². The second-order valence-electron chi connectivity index (χ2n) is 4.33. The number of aromatic nitrogens is 1. The maximum Gasteiger partial charge on any atom is 0.341 e. The van der Waals surface area contributed by atoms with E-state index in [9.17, 15) is 4.79 Å². The highest BCUT2D eigenvalue weighted by Crippen LogP contribution is 2.31. The maximum absolute atomic E-state index is 12.0. The third kappa shape index (κ3) is 2.63. The number of rotatable bonds is 4. The van der Waals surface area contributed by atoms with Crippen molar-refractivity contribution < 1.29 is 9.53 Å². The first-order valence-electron chi connectivity index (χ1n) is 6.58. The van der Waals surface area contributed by atoms with Gasteiger partial charge in [0.25, 0.3) is 0 Å². The zero-order valence-electron chi connectivity index (χ0n) is 11.8. The quantitative estimate of drug-likeness (QED) is 0.863. The number of fused-ring (bicyclic) bond motifs is 1. The van der Waals surface area contributed by atoms with Gasteiger partial charge in [0.1, 0.15) is 5.56 Å². The molecule has 4 nitrogen and oxygen atoms in total. The van der Waals surface area contributed by atoms with Crippen molar-refractivity contribution in [2.75, 3.05) is 19.0 Å². The minimum Gasteiger partial charge on any atom is -0.462 e. The van der Waals surface area contributed by atoms with Crippen LogP contribution in [0.25, 0.3) is 10.9 Å². The molecule has 0 amide bonds. The van der Waals surface area contributed by atoms with E-state index >= 15 is 0 Å². The van der Waals surface area contributed by atoms with E-state index in [1.165, 1.54) is 0 Å². The van der Waals surface area contributed by atoms with Gasteiger partial charge in [-0.3, -0.25) is 4.98 Å². The van der Waals surface area contributed by atoms with Crippen molar-refractivity contribution in [2.45, 2.75) is 20.3 Å². The maximum atomic E-state index is 12.0. The average molecular weight is 337 g/mol. The number of hydrogen-bond donors (Lipinski definition) is 1. The number of halogens is 1. The monoisotopic (exact) mass is 336 g/mol. The summed E-state index contributed by atoms with van der Waals surface area (Å²) >= 11 is 3.51. The Morgan fingerprint density at radius 1 is 1.40 bits per heavy atom. The Kier molecular flexibility index (Phi) is 4.60. The Hall–Kier alpha value is -1.62. The standard InChI is InChI=1S/C15H17BrN2O2/c1-4-9-6-10(16)7-11-13(9)18-8-12(14(11)17-3)15(19)20-5-2/h6-8H,4-5H2,1-3H3,(H,17,18). The van der Waals surface area contributed by atoms with E-state index in [0.29, 0.717) is 12.2 Å². The summed E-state index contributed by atoms with van der Waals surface area (Å²) in [4.78, 5) is 16.4. The number of ether oxygens (including phenoxy) is 1. The molecule has 1 N–H and O–H groups in total. The highest BCUT2D eigenvalue weighted by atomic mass is 79.9. The zero-order chi connectivity index (χ0) is 14.7. The first kappa shape index (κ1) is 14.8. The molecular weight excluding hydrogens is 320 g/mol. The van der Waals surface area contributed by atoms with Gasteiger partial charge in [0.15, 0.2) is 0 Å². The first-order valence-corrected chi connectivity index (χ1v) is 7.37. The van der Waals surface area contributed by atoms with Gasteiger partial charge in [0, 0.05) is 23.1 Å². The predicted octanol–water partition coefficient (Wildman–Crippen LogP) is 3.78. The third-order valence-electron chi connectivity index (χ3n) is 3.14. The topological polar surface area (TPSA) is 51.2 Å². The molecular formula is C15H17BrN2O2. The largest absolute Gasteiger partial charge is 0.462 e. The normalized spacial score (nSPS) is 10.6. The first-order chi connectivity index (χ1) is 9.62. The van der Waals surface area contributed by atoms with Crippen LogP contribution in [0.4, 0.5) is 5.69 Å². The van der Waals surface area contributed by atoms with Crippen molar-refractivity contribution in [1.29, 1.82) is 0 Å². The van der Waals surface area contributed by atoms with Crippen molar-refractivity contribution in [2.24, 2.45) is 0 Å². The van der Waals surface area contributed by atoms with Crippen LogP contribution in [0.3, 0.4) is 0 Å². The molecule has 0 aliphatic rings. The fourth-order valence-electron chi connectivity index (χ4n) is 2.24. The molecule has 1 aromatic carbocycles. The average Bonchev–Trinajstić information content (AvgIpc) is 2.45. The fraction of sp³-hybridized carbons (Fsp3) is 0.333. The van der Waals surface area contributed by atoms with E-state index < -0.39 is 0 Å². The van der Waals surface area contributed by atoms with Gasteiger partial charge in [0.05, 0.1) is 17.8 Å². The molecule has 0 aliphatic heterocycles. The molecule has 0 aliphatic carbocycles. The van der Waals surface area contributed by atoms with Gasteiger partial charge < -0.3 is 10.1 Å². The molecule has 0 saturated carbocycles. The molecule has 20 heavy (non-hydrogen) atoms. The van der Waals surface area contributed by atoms with Crippen LogP contribution in [-0.4, -0.2) is 24.6 Å². The smallest absolute Gasteiger partial charge is 0.341 e. The van der Waals surface area contributed by atoms with E-state index in [0.717, 1.165) is 33.0 Å². The molecule has 5 heteroatoms. The molecule has 106 valence electrons. The van der Waals surface area contributed by atoms with Crippen LogP contribution in [0.5, 0.6) is 0 Å². The van der Waals surface area contributed by atoms with E-state index in [4.69, 9.17) is 4.74 Å². The number of benzene rings is 1. The predicted molar refractivity (Wildman–Crippen MR) is 84.3 cm³/mol. The van der Waals surface area contributed by atoms with Crippen molar-refractivity contribution in [1.82, 2.24) is 4.98 Å². The number of aryl methyl sites for hydroxylation is 1. The molecule has 2 rings (SSSR count). The Morgan fingerprint density at radius 2 is 2.15 bits per heavy atom. The minimum absolute atomic E-state index is 0.346.